The van der Waals surface area contributed by atoms with Crippen molar-refractivity contribution in [2.45, 2.75) is 38.3 Å². The van der Waals surface area contributed by atoms with E-state index in [0.717, 1.165) is 40.6 Å². The molecule has 10 nitrogen and oxygen atoms in total. The first-order valence-electron chi connectivity index (χ1n) is 16.6. The maximum absolute atomic E-state index is 14.4. The predicted molar refractivity (Wildman–Crippen MR) is 187 cm³/mol. The third kappa shape index (κ3) is 7.28. The van der Waals surface area contributed by atoms with Crippen LogP contribution in [-0.4, -0.2) is 96.9 Å². The summed E-state index contributed by atoms with van der Waals surface area (Å²) in [7, 11) is 3.96. The summed E-state index contributed by atoms with van der Waals surface area (Å²) < 4.78 is 0. The normalized spacial score (nSPS) is 16.4. The Morgan fingerprint density at radius 3 is 2.28 bits per heavy atom. The van der Waals surface area contributed by atoms with E-state index in [1.54, 1.807) is 4.90 Å². The smallest absolute Gasteiger partial charge is 0.318 e. The van der Waals surface area contributed by atoms with Gasteiger partial charge in [0.1, 0.15) is 6.04 Å². The molecule has 2 aliphatic heterocycles. The highest BCUT2D eigenvalue weighted by molar-refractivity contribution is 6.06. The number of hydrogen-bond acceptors (Lipinski definition) is 5. The zero-order chi connectivity index (χ0) is 32.9. The Bertz CT molecular complexity index is 1710. The molecule has 2 saturated heterocycles. The van der Waals surface area contributed by atoms with Crippen molar-refractivity contribution in [3.8, 4) is 0 Å². The average molecular weight is 636 g/mol. The third-order valence-electron chi connectivity index (χ3n) is 9.33. The number of likely N-dealkylation sites (tertiary alicyclic amines) is 1. The van der Waals surface area contributed by atoms with Crippen LogP contribution in [0, 0.1) is 0 Å². The van der Waals surface area contributed by atoms with Gasteiger partial charge in [0.25, 0.3) is 5.91 Å². The van der Waals surface area contributed by atoms with Gasteiger partial charge in [-0.15, -0.1) is 0 Å². The van der Waals surface area contributed by atoms with Crippen molar-refractivity contribution >= 4 is 40.1 Å². The molecule has 3 aromatic carbocycles. The molecule has 0 radical (unpaired) electrons. The Hall–Kier alpha value is -4.83. The Labute approximate surface area is 276 Å². The lowest BCUT2D eigenvalue weighted by Gasteiger charge is -2.37. The lowest BCUT2D eigenvalue weighted by molar-refractivity contribution is -0.118. The van der Waals surface area contributed by atoms with Crippen LogP contribution in [0.2, 0.25) is 0 Å². The van der Waals surface area contributed by atoms with Gasteiger partial charge in [0.05, 0.1) is 11.3 Å². The number of piperazine rings is 1. The van der Waals surface area contributed by atoms with E-state index in [9.17, 15) is 14.4 Å². The van der Waals surface area contributed by atoms with Crippen molar-refractivity contribution in [1.82, 2.24) is 25.0 Å². The first-order valence-corrected chi connectivity index (χ1v) is 16.6. The van der Waals surface area contributed by atoms with Gasteiger partial charge >= 0.3 is 6.03 Å². The monoisotopic (exact) mass is 635 g/mol. The van der Waals surface area contributed by atoms with E-state index in [1.807, 2.05) is 97.7 Å². The van der Waals surface area contributed by atoms with Gasteiger partial charge < -0.3 is 35.2 Å². The van der Waals surface area contributed by atoms with Crippen LogP contribution in [0.4, 0.5) is 16.2 Å². The second-order valence-corrected chi connectivity index (χ2v) is 12.9. The van der Waals surface area contributed by atoms with E-state index in [4.69, 9.17) is 0 Å². The predicted octanol–water partition coefficient (Wildman–Crippen LogP) is 5.11. The Kier molecular flexibility index (Phi) is 9.77. The third-order valence-corrected chi connectivity index (χ3v) is 9.33. The van der Waals surface area contributed by atoms with Crippen LogP contribution in [0.1, 0.15) is 47.2 Å². The van der Waals surface area contributed by atoms with E-state index in [2.05, 4.69) is 32.7 Å². The topological polar surface area (TPSA) is 104 Å². The van der Waals surface area contributed by atoms with Gasteiger partial charge in [0.15, 0.2) is 0 Å². The Balaban J connectivity index is 1.27. The number of aromatic amines is 1. The number of para-hydroxylation sites is 2. The lowest BCUT2D eigenvalue weighted by Crippen LogP contribution is -2.56. The van der Waals surface area contributed by atoms with Crippen molar-refractivity contribution in [3.63, 3.8) is 0 Å². The van der Waals surface area contributed by atoms with Crippen molar-refractivity contribution in [1.29, 1.82) is 0 Å². The molecule has 246 valence electrons. The molecule has 6 rings (SSSR count). The summed E-state index contributed by atoms with van der Waals surface area (Å²) in [6, 6.07) is 22.6. The number of urea groups is 1. The van der Waals surface area contributed by atoms with Crippen LogP contribution in [0.5, 0.6) is 0 Å². The van der Waals surface area contributed by atoms with Crippen LogP contribution < -0.4 is 15.5 Å². The SMILES string of the molecule is CC(c1c[nH]c2ccccc12)C(NC(=O)N1CCN(c2ccccc2)CC1)C(=O)Nc1cc(CN(C)C)ccc1C(=O)N1CCCC1. The number of benzene rings is 3. The maximum Gasteiger partial charge on any atom is 0.318 e. The quantitative estimate of drug-likeness (QED) is 0.237. The molecule has 3 heterocycles. The van der Waals surface area contributed by atoms with Crippen molar-refractivity contribution in [2.24, 2.45) is 0 Å². The van der Waals surface area contributed by atoms with Crippen LogP contribution in [0.15, 0.2) is 79.0 Å². The van der Waals surface area contributed by atoms with Gasteiger partial charge in [-0.1, -0.05) is 49.4 Å². The molecule has 0 saturated carbocycles. The average Bonchev–Trinajstić information content (AvgIpc) is 3.78. The summed E-state index contributed by atoms with van der Waals surface area (Å²) in [6.07, 6.45) is 3.87. The minimum atomic E-state index is -0.902. The molecule has 2 unspecified atom stereocenters. The molecule has 4 aromatic rings. The zero-order valence-corrected chi connectivity index (χ0v) is 27.5. The second-order valence-electron chi connectivity index (χ2n) is 12.9. The number of aromatic nitrogens is 1. The number of fused-ring (bicyclic) bond motifs is 1. The van der Waals surface area contributed by atoms with E-state index in [-0.39, 0.29) is 23.8 Å². The first-order chi connectivity index (χ1) is 22.8. The molecule has 4 amide bonds. The largest absolute Gasteiger partial charge is 0.368 e. The van der Waals surface area contributed by atoms with Gasteiger partial charge in [-0.25, -0.2) is 4.79 Å². The zero-order valence-electron chi connectivity index (χ0n) is 27.5. The summed E-state index contributed by atoms with van der Waals surface area (Å²) >= 11 is 0. The summed E-state index contributed by atoms with van der Waals surface area (Å²) in [4.78, 5) is 53.0. The van der Waals surface area contributed by atoms with Crippen LogP contribution in [0.3, 0.4) is 0 Å². The fourth-order valence-corrected chi connectivity index (χ4v) is 6.74. The van der Waals surface area contributed by atoms with Crippen molar-refractivity contribution in [2.75, 3.05) is 63.6 Å². The highest BCUT2D eigenvalue weighted by Gasteiger charge is 2.33. The molecular weight excluding hydrogens is 590 g/mol. The number of hydrogen-bond donors (Lipinski definition) is 3. The fraction of sp³-hybridized carbons (Fsp3) is 0.378. The molecule has 1 aromatic heterocycles. The minimum absolute atomic E-state index is 0.0873. The van der Waals surface area contributed by atoms with E-state index < -0.39 is 6.04 Å². The highest BCUT2D eigenvalue weighted by Crippen LogP contribution is 2.30. The standard InChI is InChI=1S/C37H45N7O3/c1-26(31-24-38-32-14-8-7-13-29(31)32)34(40-37(47)44-21-19-42(20-22-44)28-11-5-4-6-12-28)35(45)39-33-23-27(25-41(2)3)15-16-30(33)36(46)43-17-9-10-18-43/h4-8,11-16,23-24,26,34,38H,9-10,17-22,25H2,1-3H3,(H,39,45)(H,40,47). The maximum atomic E-state index is 14.4. The number of carbonyl (C=O) groups excluding carboxylic acids is 3. The first kappa shape index (κ1) is 32.1. The van der Waals surface area contributed by atoms with Gasteiger partial charge in [-0.05, 0) is 68.4 Å². The number of carbonyl (C=O) groups is 3. The van der Waals surface area contributed by atoms with Crippen molar-refractivity contribution < 1.29 is 14.4 Å². The van der Waals surface area contributed by atoms with Crippen LogP contribution in [0.25, 0.3) is 10.9 Å². The van der Waals surface area contributed by atoms with Crippen LogP contribution >= 0.6 is 0 Å². The Morgan fingerprint density at radius 1 is 0.851 bits per heavy atom. The number of nitrogens with zero attached hydrogens (tertiary/aromatic N) is 4. The molecule has 10 heteroatoms. The number of H-pyrrole nitrogens is 1. The van der Waals surface area contributed by atoms with E-state index in [0.29, 0.717) is 57.1 Å². The lowest BCUT2D eigenvalue weighted by atomic mass is 9.92. The fourth-order valence-electron chi connectivity index (χ4n) is 6.74. The summed E-state index contributed by atoms with van der Waals surface area (Å²) in [5.74, 6) is -0.823. The summed E-state index contributed by atoms with van der Waals surface area (Å²) in [5, 5.41) is 7.20. The number of amides is 4. The molecule has 2 aliphatic rings. The summed E-state index contributed by atoms with van der Waals surface area (Å²) in [5.41, 5.74) is 4.94. The van der Waals surface area contributed by atoms with Gasteiger partial charge in [0.2, 0.25) is 5.91 Å². The van der Waals surface area contributed by atoms with Gasteiger partial charge in [0, 0.05) is 74.5 Å². The Morgan fingerprint density at radius 2 is 1.55 bits per heavy atom. The second kappa shape index (κ2) is 14.3. The van der Waals surface area contributed by atoms with Gasteiger partial charge in [-0.2, -0.15) is 0 Å². The number of anilines is 2. The van der Waals surface area contributed by atoms with Crippen molar-refractivity contribution in [3.05, 3.63) is 95.7 Å². The summed E-state index contributed by atoms with van der Waals surface area (Å²) in [6.45, 7) is 6.52. The number of nitrogens with one attached hydrogen (secondary N) is 3. The highest BCUT2D eigenvalue weighted by atomic mass is 16.2. The van der Waals surface area contributed by atoms with Crippen LogP contribution in [-0.2, 0) is 11.3 Å². The molecule has 0 aliphatic carbocycles. The van der Waals surface area contributed by atoms with E-state index in [1.165, 1.54) is 0 Å². The molecule has 0 bridgehead atoms. The molecule has 2 fully saturated rings. The molecule has 47 heavy (non-hydrogen) atoms. The molecule has 2 atom stereocenters. The molecule has 3 N–H and O–H groups in total. The molecule has 0 spiro atoms. The van der Waals surface area contributed by atoms with E-state index >= 15 is 0 Å². The minimum Gasteiger partial charge on any atom is -0.368 e. The number of rotatable bonds is 9. The van der Waals surface area contributed by atoms with Gasteiger partial charge in [-0.3, -0.25) is 9.59 Å². The molecular formula is C37H45N7O3.